The lowest BCUT2D eigenvalue weighted by atomic mass is 9.96. The number of carbonyl (C=O) groups is 2. The molecule has 0 aliphatic heterocycles. The fourth-order valence-electron chi connectivity index (χ4n) is 3.39. The molecule has 0 aromatic heterocycles. The molecule has 0 saturated carbocycles. The Balaban J connectivity index is 1.62. The van der Waals surface area contributed by atoms with E-state index in [-0.39, 0.29) is 6.54 Å². The molecule has 3 N–H and O–H groups in total. The number of rotatable bonds is 3. The number of benzene rings is 2. The van der Waals surface area contributed by atoms with Crippen molar-refractivity contribution in [1.82, 2.24) is 5.32 Å². The highest BCUT2D eigenvalue weighted by Crippen LogP contribution is 2.36. The average molecular weight is 338 g/mol. The lowest BCUT2D eigenvalue weighted by Gasteiger charge is -2.24. The van der Waals surface area contributed by atoms with Gasteiger partial charge in [-0.25, -0.2) is 0 Å². The summed E-state index contributed by atoms with van der Waals surface area (Å²) < 4.78 is 0. The third-order valence-corrected chi connectivity index (χ3v) is 4.55. The van der Waals surface area contributed by atoms with E-state index >= 15 is 0 Å². The number of hydrogen-bond donors (Lipinski definition) is 3. The highest BCUT2D eigenvalue weighted by Gasteiger charge is 2.37. The van der Waals surface area contributed by atoms with Gasteiger partial charge in [0.2, 0.25) is 0 Å². The van der Waals surface area contributed by atoms with Gasteiger partial charge in [0, 0.05) is 5.69 Å². The van der Waals surface area contributed by atoms with Crippen LogP contribution in [0.5, 0.6) is 0 Å². The SMILES string of the molecule is Cc1cc(C)cc(NC(=O)C(=O)NC[C@]2(O)CCc3ccccc32)c1. The zero-order valence-corrected chi connectivity index (χ0v) is 14.4. The summed E-state index contributed by atoms with van der Waals surface area (Å²) in [6.45, 7) is 3.87. The highest BCUT2D eigenvalue weighted by atomic mass is 16.3. The zero-order valence-electron chi connectivity index (χ0n) is 14.4. The Morgan fingerprint density at radius 2 is 1.76 bits per heavy atom. The van der Waals surface area contributed by atoms with Gasteiger partial charge in [0.15, 0.2) is 0 Å². The summed E-state index contributed by atoms with van der Waals surface area (Å²) in [5.41, 5.74) is 3.39. The zero-order chi connectivity index (χ0) is 18.0. The van der Waals surface area contributed by atoms with Crippen LogP contribution in [0.15, 0.2) is 42.5 Å². The molecular formula is C20H22N2O3. The number of amides is 2. The Morgan fingerprint density at radius 1 is 1.08 bits per heavy atom. The Bertz CT molecular complexity index is 811. The first kappa shape index (κ1) is 17.2. The maximum absolute atomic E-state index is 12.1. The van der Waals surface area contributed by atoms with Gasteiger partial charge >= 0.3 is 11.8 Å². The van der Waals surface area contributed by atoms with Gasteiger partial charge in [-0.1, -0.05) is 30.3 Å². The molecular weight excluding hydrogens is 316 g/mol. The fourth-order valence-corrected chi connectivity index (χ4v) is 3.39. The van der Waals surface area contributed by atoms with Crippen molar-refractivity contribution in [3.05, 3.63) is 64.7 Å². The van der Waals surface area contributed by atoms with Crippen molar-refractivity contribution in [1.29, 1.82) is 0 Å². The topological polar surface area (TPSA) is 78.4 Å². The predicted octanol–water partition coefficient (Wildman–Crippen LogP) is 2.19. The summed E-state index contributed by atoms with van der Waals surface area (Å²) in [5.74, 6) is -1.49. The quantitative estimate of drug-likeness (QED) is 0.751. The smallest absolute Gasteiger partial charge is 0.313 e. The third kappa shape index (κ3) is 3.72. The van der Waals surface area contributed by atoms with Crippen LogP contribution in [-0.2, 0) is 21.6 Å². The minimum atomic E-state index is -1.12. The van der Waals surface area contributed by atoms with E-state index < -0.39 is 17.4 Å². The molecule has 0 fully saturated rings. The van der Waals surface area contributed by atoms with Gasteiger partial charge in [-0.3, -0.25) is 9.59 Å². The van der Waals surface area contributed by atoms with Crippen LogP contribution < -0.4 is 10.6 Å². The number of aliphatic hydroxyl groups is 1. The van der Waals surface area contributed by atoms with Crippen LogP contribution in [0.2, 0.25) is 0 Å². The first-order chi connectivity index (χ1) is 11.9. The van der Waals surface area contributed by atoms with E-state index in [9.17, 15) is 14.7 Å². The molecule has 3 rings (SSSR count). The summed E-state index contributed by atoms with van der Waals surface area (Å²) in [6.07, 6.45) is 1.29. The summed E-state index contributed by atoms with van der Waals surface area (Å²) in [7, 11) is 0. The van der Waals surface area contributed by atoms with Crippen LogP contribution >= 0.6 is 0 Å². The summed E-state index contributed by atoms with van der Waals surface area (Å²) in [6, 6.07) is 13.2. The second kappa shape index (κ2) is 6.69. The van der Waals surface area contributed by atoms with Gasteiger partial charge in [0.05, 0.1) is 6.54 Å². The van der Waals surface area contributed by atoms with Crippen LogP contribution in [0.4, 0.5) is 5.69 Å². The number of nitrogens with one attached hydrogen (secondary N) is 2. The molecule has 2 aromatic rings. The Labute approximate surface area is 147 Å². The molecule has 2 aromatic carbocycles. The van der Waals surface area contributed by atoms with Crippen LogP contribution in [-0.4, -0.2) is 23.5 Å². The lowest BCUT2D eigenvalue weighted by Crippen LogP contribution is -2.43. The average Bonchev–Trinajstić information content (AvgIpc) is 2.90. The van der Waals surface area contributed by atoms with Gasteiger partial charge < -0.3 is 15.7 Å². The van der Waals surface area contributed by atoms with Crippen molar-refractivity contribution in [3.63, 3.8) is 0 Å². The fraction of sp³-hybridized carbons (Fsp3) is 0.300. The van der Waals surface area contributed by atoms with Gasteiger partial charge in [-0.05, 0) is 61.1 Å². The lowest BCUT2D eigenvalue weighted by molar-refractivity contribution is -0.136. The maximum Gasteiger partial charge on any atom is 0.313 e. The van der Waals surface area contributed by atoms with Gasteiger partial charge in [-0.2, -0.15) is 0 Å². The number of anilines is 1. The molecule has 0 radical (unpaired) electrons. The van der Waals surface area contributed by atoms with E-state index in [1.54, 1.807) is 12.1 Å². The van der Waals surface area contributed by atoms with Crippen LogP contribution in [0.3, 0.4) is 0 Å². The number of fused-ring (bicyclic) bond motifs is 1. The van der Waals surface area contributed by atoms with Gasteiger partial charge in [0.1, 0.15) is 5.60 Å². The number of aryl methyl sites for hydroxylation is 3. The first-order valence-corrected chi connectivity index (χ1v) is 8.36. The maximum atomic E-state index is 12.1. The van der Waals surface area contributed by atoms with Gasteiger partial charge in [-0.15, -0.1) is 0 Å². The van der Waals surface area contributed by atoms with Crippen molar-refractivity contribution in [2.24, 2.45) is 0 Å². The van der Waals surface area contributed by atoms with Crippen molar-refractivity contribution in [3.8, 4) is 0 Å². The normalized spacial score (nSPS) is 18.5. The van der Waals surface area contributed by atoms with Crippen LogP contribution in [0.1, 0.15) is 28.7 Å². The molecule has 0 saturated heterocycles. The monoisotopic (exact) mass is 338 g/mol. The molecule has 0 bridgehead atoms. The van der Waals surface area contributed by atoms with Gasteiger partial charge in [0.25, 0.3) is 0 Å². The van der Waals surface area contributed by atoms with Crippen LogP contribution in [0, 0.1) is 13.8 Å². The van der Waals surface area contributed by atoms with E-state index in [2.05, 4.69) is 10.6 Å². The van der Waals surface area contributed by atoms with E-state index in [0.717, 1.165) is 28.7 Å². The molecule has 5 nitrogen and oxygen atoms in total. The minimum absolute atomic E-state index is 0.0170. The van der Waals surface area contributed by atoms with Crippen LogP contribution in [0.25, 0.3) is 0 Å². The first-order valence-electron chi connectivity index (χ1n) is 8.36. The predicted molar refractivity (Wildman–Crippen MR) is 96.2 cm³/mol. The molecule has 0 unspecified atom stereocenters. The Kier molecular flexibility index (Phi) is 4.59. The van der Waals surface area contributed by atoms with E-state index in [1.165, 1.54) is 0 Å². The molecule has 1 atom stereocenters. The third-order valence-electron chi connectivity index (χ3n) is 4.55. The van der Waals surface area contributed by atoms with Crippen molar-refractivity contribution >= 4 is 17.5 Å². The van der Waals surface area contributed by atoms with E-state index in [0.29, 0.717) is 12.1 Å². The molecule has 0 spiro atoms. The highest BCUT2D eigenvalue weighted by molar-refractivity contribution is 6.39. The molecule has 1 aliphatic carbocycles. The van der Waals surface area contributed by atoms with E-state index in [4.69, 9.17) is 0 Å². The summed E-state index contributed by atoms with van der Waals surface area (Å²) in [5, 5.41) is 15.9. The second-order valence-electron chi connectivity index (χ2n) is 6.70. The molecule has 0 heterocycles. The Morgan fingerprint density at radius 3 is 2.48 bits per heavy atom. The molecule has 25 heavy (non-hydrogen) atoms. The summed E-state index contributed by atoms with van der Waals surface area (Å²) >= 11 is 0. The number of hydrogen-bond acceptors (Lipinski definition) is 3. The standard InChI is InChI=1S/C20H22N2O3/c1-13-9-14(2)11-16(10-13)22-19(24)18(23)21-12-20(25)8-7-15-5-3-4-6-17(15)20/h3-6,9-11,25H,7-8,12H2,1-2H3,(H,21,23)(H,22,24)/t20-/m1/s1. The molecule has 1 aliphatic rings. The van der Waals surface area contributed by atoms with Crippen molar-refractivity contribution in [2.45, 2.75) is 32.3 Å². The Hall–Kier alpha value is -2.66. The van der Waals surface area contributed by atoms with E-state index in [1.807, 2.05) is 44.2 Å². The van der Waals surface area contributed by atoms with Crippen molar-refractivity contribution < 1.29 is 14.7 Å². The minimum Gasteiger partial charge on any atom is -0.383 e. The number of carbonyl (C=O) groups excluding carboxylic acids is 2. The molecule has 2 amide bonds. The largest absolute Gasteiger partial charge is 0.383 e. The van der Waals surface area contributed by atoms with Crippen molar-refractivity contribution in [2.75, 3.05) is 11.9 Å². The molecule has 5 heteroatoms. The molecule has 130 valence electrons. The second-order valence-corrected chi connectivity index (χ2v) is 6.70. The summed E-state index contributed by atoms with van der Waals surface area (Å²) in [4.78, 5) is 24.2.